The summed E-state index contributed by atoms with van der Waals surface area (Å²) in [5.74, 6) is 0.0960. The van der Waals surface area contributed by atoms with Gasteiger partial charge in [0.25, 0.3) is 0 Å². The maximum absolute atomic E-state index is 10.5. The molecule has 1 N–H and O–H groups in total. The summed E-state index contributed by atoms with van der Waals surface area (Å²) in [5.41, 5.74) is 0. The molecule has 2 nitrogen and oxygen atoms in total. The Morgan fingerprint density at radius 3 is 2.09 bits per heavy atom. The van der Waals surface area contributed by atoms with Gasteiger partial charge in [0.1, 0.15) is 0 Å². The van der Waals surface area contributed by atoms with Gasteiger partial charge in [0.2, 0.25) is 0 Å². The van der Waals surface area contributed by atoms with Gasteiger partial charge >= 0.3 is 5.97 Å². The van der Waals surface area contributed by atoms with E-state index in [1.165, 1.54) is 0 Å². The fourth-order valence-corrected chi connectivity index (χ4v) is 1.51. The molecule has 0 saturated heterocycles. The number of hydrogen-bond acceptors (Lipinski definition) is 1. The van der Waals surface area contributed by atoms with Crippen LogP contribution < -0.4 is 0 Å². The monoisotopic (exact) mass is 206 g/mol. The van der Waals surface area contributed by atoms with Gasteiger partial charge in [0, 0.05) is 19.5 Å². The molecule has 3 heteroatoms. The molecule has 11 heavy (non-hydrogen) atoms. The van der Waals surface area contributed by atoms with E-state index >= 15 is 0 Å². The van der Waals surface area contributed by atoms with Crippen molar-refractivity contribution in [2.24, 2.45) is 11.8 Å². The molecule has 0 spiro atoms. The Bertz CT molecular complexity index is 128. The van der Waals surface area contributed by atoms with Gasteiger partial charge in [-0.1, -0.05) is 6.92 Å². The smallest absolute Gasteiger partial charge is 0.306 e. The Balaban J connectivity index is 0.000001000. The molecule has 0 aliphatic heterocycles. The molecule has 1 aliphatic rings. The van der Waals surface area contributed by atoms with Crippen LogP contribution in [0.3, 0.4) is 0 Å². The summed E-state index contributed by atoms with van der Waals surface area (Å²) in [6, 6.07) is 0. The molecule has 0 aromatic carbocycles. The minimum atomic E-state index is -0.605. The summed E-state index contributed by atoms with van der Waals surface area (Å²) in [6.45, 7) is 2.19. The van der Waals surface area contributed by atoms with Gasteiger partial charge in [-0.2, -0.15) is 0 Å². The molecule has 0 amide bonds. The van der Waals surface area contributed by atoms with Crippen LogP contribution in [0.1, 0.15) is 32.6 Å². The molecule has 1 saturated carbocycles. The quantitative estimate of drug-likeness (QED) is 0.667. The maximum atomic E-state index is 10.5. The van der Waals surface area contributed by atoms with Crippen molar-refractivity contribution in [3.63, 3.8) is 0 Å². The average molecular weight is 208 g/mol. The standard InChI is InChI=1S/C8H14O2.Zn/c1-6-2-4-7(5-3-6)8(9)10;/h6-7H,2-5H2,1H3,(H,9,10);. The Morgan fingerprint density at radius 2 is 1.73 bits per heavy atom. The molecule has 1 aliphatic carbocycles. The van der Waals surface area contributed by atoms with Crippen molar-refractivity contribution in [3.8, 4) is 0 Å². The van der Waals surface area contributed by atoms with Crippen molar-refractivity contribution in [2.45, 2.75) is 32.6 Å². The minimum absolute atomic E-state index is 0. The molecule has 0 bridgehead atoms. The molecule has 0 aromatic rings. The van der Waals surface area contributed by atoms with Crippen LogP contribution in [0.2, 0.25) is 0 Å². The zero-order chi connectivity index (χ0) is 7.56. The topological polar surface area (TPSA) is 37.3 Å². The van der Waals surface area contributed by atoms with Gasteiger partial charge in [-0.3, -0.25) is 4.79 Å². The van der Waals surface area contributed by atoms with E-state index in [4.69, 9.17) is 5.11 Å². The first-order valence-corrected chi connectivity index (χ1v) is 3.93. The zero-order valence-electron chi connectivity index (χ0n) is 7.05. The fraction of sp³-hybridized carbons (Fsp3) is 0.875. The van der Waals surface area contributed by atoms with Crippen molar-refractivity contribution >= 4 is 5.97 Å². The summed E-state index contributed by atoms with van der Waals surface area (Å²) in [5, 5.41) is 8.62. The van der Waals surface area contributed by atoms with Crippen LogP contribution in [-0.4, -0.2) is 11.1 Å². The van der Waals surface area contributed by atoms with Crippen molar-refractivity contribution in [1.29, 1.82) is 0 Å². The Morgan fingerprint density at radius 1 is 1.27 bits per heavy atom. The summed E-state index contributed by atoms with van der Waals surface area (Å²) in [7, 11) is 0. The molecular weight excluding hydrogens is 193 g/mol. The first-order chi connectivity index (χ1) is 4.70. The third-order valence-corrected chi connectivity index (χ3v) is 2.37. The first kappa shape index (κ1) is 11.1. The van der Waals surface area contributed by atoms with Crippen LogP contribution >= 0.6 is 0 Å². The van der Waals surface area contributed by atoms with Crippen molar-refractivity contribution in [3.05, 3.63) is 0 Å². The minimum Gasteiger partial charge on any atom is -0.481 e. The normalized spacial score (nSPS) is 30.6. The van der Waals surface area contributed by atoms with Crippen LogP contribution in [0.4, 0.5) is 0 Å². The third kappa shape index (κ3) is 3.33. The maximum Gasteiger partial charge on any atom is 0.306 e. The van der Waals surface area contributed by atoms with E-state index < -0.39 is 5.97 Å². The number of rotatable bonds is 1. The Hall–Kier alpha value is 0.0934. The zero-order valence-corrected chi connectivity index (χ0v) is 10.0. The van der Waals surface area contributed by atoms with E-state index in [0.29, 0.717) is 0 Å². The van der Waals surface area contributed by atoms with Crippen LogP contribution in [0, 0.1) is 11.8 Å². The van der Waals surface area contributed by atoms with Crippen molar-refractivity contribution < 1.29 is 29.4 Å². The summed E-state index contributed by atoms with van der Waals surface area (Å²) in [4.78, 5) is 10.5. The van der Waals surface area contributed by atoms with Crippen LogP contribution in [-0.2, 0) is 24.3 Å². The molecular formula is C8H14O2Zn. The van der Waals surface area contributed by atoms with Crippen LogP contribution in [0.25, 0.3) is 0 Å². The van der Waals surface area contributed by atoms with E-state index in [1.807, 2.05) is 0 Å². The number of carbonyl (C=O) groups is 1. The molecule has 60 valence electrons. The first-order valence-electron chi connectivity index (χ1n) is 3.93. The number of hydrogen-bond donors (Lipinski definition) is 1. The van der Waals surface area contributed by atoms with Gasteiger partial charge < -0.3 is 5.11 Å². The molecule has 0 unspecified atom stereocenters. The molecule has 0 aromatic heterocycles. The molecule has 1 rings (SSSR count). The Kier molecular flexibility index (Phi) is 4.91. The number of aliphatic carboxylic acids is 1. The number of carboxylic acids is 1. The second-order valence-corrected chi connectivity index (χ2v) is 3.30. The molecule has 1 fully saturated rings. The largest absolute Gasteiger partial charge is 0.481 e. The summed E-state index contributed by atoms with van der Waals surface area (Å²) in [6.07, 6.45) is 3.96. The van der Waals surface area contributed by atoms with Gasteiger partial charge in [-0.25, -0.2) is 0 Å². The van der Waals surface area contributed by atoms with Gasteiger partial charge in [0.05, 0.1) is 5.92 Å². The van der Waals surface area contributed by atoms with E-state index in [0.717, 1.165) is 31.6 Å². The van der Waals surface area contributed by atoms with Crippen LogP contribution in [0.15, 0.2) is 0 Å². The fourth-order valence-electron chi connectivity index (χ4n) is 1.51. The van der Waals surface area contributed by atoms with E-state index in [2.05, 4.69) is 6.92 Å². The summed E-state index contributed by atoms with van der Waals surface area (Å²) < 4.78 is 0. The average Bonchev–Trinajstić information content (AvgIpc) is 1.88. The predicted octanol–water partition coefficient (Wildman–Crippen LogP) is 1.89. The number of carboxylic acid groups (broad SMARTS) is 1. The SMILES string of the molecule is CC1CCC(C(=O)O)CC1.[Zn]. The second-order valence-electron chi connectivity index (χ2n) is 3.30. The molecule has 0 atom stereocenters. The Labute approximate surface area is 80.1 Å². The predicted molar refractivity (Wildman–Crippen MR) is 38.8 cm³/mol. The third-order valence-electron chi connectivity index (χ3n) is 2.37. The van der Waals surface area contributed by atoms with Gasteiger partial charge in [-0.05, 0) is 31.6 Å². The molecule has 0 heterocycles. The van der Waals surface area contributed by atoms with E-state index in [9.17, 15) is 4.79 Å². The molecule has 0 radical (unpaired) electrons. The van der Waals surface area contributed by atoms with Gasteiger partial charge in [0.15, 0.2) is 0 Å². The van der Waals surface area contributed by atoms with E-state index in [1.54, 1.807) is 0 Å². The van der Waals surface area contributed by atoms with Crippen molar-refractivity contribution in [1.82, 2.24) is 0 Å². The van der Waals surface area contributed by atoms with E-state index in [-0.39, 0.29) is 25.4 Å². The summed E-state index contributed by atoms with van der Waals surface area (Å²) >= 11 is 0. The van der Waals surface area contributed by atoms with Crippen molar-refractivity contribution in [2.75, 3.05) is 0 Å². The van der Waals surface area contributed by atoms with Crippen LogP contribution in [0.5, 0.6) is 0 Å². The second kappa shape index (κ2) is 4.87. The van der Waals surface area contributed by atoms with Gasteiger partial charge in [-0.15, -0.1) is 0 Å².